The first-order valence-corrected chi connectivity index (χ1v) is 17.4. The number of amides is 2. The fraction of sp³-hybridized carbons (Fsp3) is 0.257. The molecule has 0 radical (unpaired) electrons. The Labute approximate surface area is 286 Å². The number of benzene rings is 4. The number of halogens is 3. The van der Waals surface area contributed by atoms with Crippen LogP contribution < -0.4 is 9.62 Å². The predicted octanol–water partition coefficient (Wildman–Crippen LogP) is 7.71. The van der Waals surface area contributed by atoms with Gasteiger partial charge in [-0.1, -0.05) is 102 Å². The average Bonchev–Trinajstić information content (AvgIpc) is 3.04. The Hall–Kier alpha value is -3.56. The second kappa shape index (κ2) is 15.8. The first kappa shape index (κ1) is 35.3. The molecule has 0 unspecified atom stereocenters. The van der Waals surface area contributed by atoms with Gasteiger partial charge in [0.1, 0.15) is 12.6 Å². The predicted molar refractivity (Wildman–Crippen MR) is 186 cm³/mol. The minimum Gasteiger partial charge on any atom is -0.352 e. The summed E-state index contributed by atoms with van der Waals surface area (Å²) in [7, 11) is -4.32. The van der Waals surface area contributed by atoms with Gasteiger partial charge < -0.3 is 10.2 Å². The second-order valence-corrected chi connectivity index (χ2v) is 14.2. The molecule has 2 atom stereocenters. The number of aryl methyl sites for hydroxylation is 1. The molecule has 7 nitrogen and oxygen atoms in total. The molecule has 0 aromatic heterocycles. The van der Waals surface area contributed by atoms with Gasteiger partial charge in [-0.3, -0.25) is 13.9 Å². The summed E-state index contributed by atoms with van der Waals surface area (Å²) < 4.78 is 29.4. The summed E-state index contributed by atoms with van der Waals surface area (Å²) in [5.41, 5.74) is 2.45. The van der Waals surface area contributed by atoms with E-state index in [1.807, 2.05) is 51.1 Å². The van der Waals surface area contributed by atoms with Gasteiger partial charge in [0.15, 0.2) is 0 Å². The number of carbonyl (C=O) groups is 2. The Balaban J connectivity index is 1.83. The lowest BCUT2D eigenvalue weighted by Gasteiger charge is -2.34. The van der Waals surface area contributed by atoms with Crippen LogP contribution in [0.5, 0.6) is 0 Å². The Morgan fingerprint density at radius 3 is 2.09 bits per heavy atom. The first-order chi connectivity index (χ1) is 21.9. The molecule has 0 aliphatic carbocycles. The lowest BCUT2D eigenvalue weighted by Crippen LogP contribution is -2.54. The molecule has 1 N–H and O–H groups in total. The van der Waals surface area contributed by atoms with Gasteiger partial charge in [-0.15, -0.1) is 0 Å². The molecule has 0 heterocycles. The van der Waals surface area contributed by atoms with Crippen LogP contribution >= 0.6 is 34.8 Å². The molecule has 0 aliphatic rings. The van der Waals surface area contributed by atoms with Crippen LogP contribution in [0, 0.1) is 6.92 Å². The van der Waals surface area contributed by atoms with E-state index in [4.69, 9.17) is 34.8 Å². The zero-order chi connectivity index (χ0) is 33.4. The Morgan fingerprint density at radius 1 is 0.826 bits per heavy atom. The highest BCUT2D eigenvalue weighted by atomic mass is 35.5. The van der Waals surface area contributed by atoms with Crippen molar-refractivity contribution in [2.75, 3.05) is 10.8 Å². The van der Waals surface area contributed by atoms with E-state index in [2.05, 4.69) is 5.32 Å². The van der Waals surface area contributed by atoms with Gasteiger partial charge in [0, 0.05) is 29.1 Å². The van der Waals surface area contributed by atoms with Gasteiger partial charge in [-0.2, -0.15) is 0 Å². The summed E-state index contributed by atoms with van der Waals surface area (Å²) in [6.07, 6.45) is 0.885. The zero-order valence-corrected chi connectivity index (χ0v) is 28.9. The summed E-state index contributed by atoms with van der Waals surface area (Å²) in [6, 6.07) is 25.9. The van der Waals surface area contributed by atoms with Crippen molar-refractivity contribution < 1.29 is 18.0 Å². The monoisotopic (exact) mass is 699 g/mol. The lowest BCUT2D eigenvalue weighted by atomic mass is 10.0. The maximum absolute atomic E-state index is 14.6. The zero-order valence-electron chi connectivity index (χ0n) is 25.8. The van der Waals surface area contributed by atoms with Crippen molar-refractivity contribution in [1.29, 1.82) is 0 Å². The molecule has 0 saturated carbocycles. The van der Waals surface area contributed by atoms with Crippen LogP contribution in [0.15, 0.2) is 102 Å². The molecule has 0 bridgehead atoms. The van der Waals surface area contributed by atoms with Crippen LogP contribution in [-0.2, 0) is 32.6 Å². The fourth-order valence-electron chi connectivity index (χ4n) is 4.81. The Bertz CT molecular complexity index is 1750. The largest absolute Gasteiger partial charge is 0.352 e. The van der Waals surface area contributed by atoms with Gasteiger partial charge in [0.2, 0.25) is 11.8 Å². The minimum absolute atomic E-state index is 0.0170. The molecule has 0 aliphatic heterocycles. The van der Waals surface area contributed by atoms with E-state index in [0.29, 0.717) is 17.0 Å². The van der Waals surface area contributed by atoms with Gasteiger partial charge in [-0.05, 0) is 73.9 Å². The maximum Gasteiger partial charge on any atom is 0.264 e. The SMILES string of the molecule is CC[C@H](C)NC(=O)[C@@H](Cc1ccccc1)N(Cc1ccc(Cl)cc1)C(=O)CN(c1cc(Cl)ccc1Cl)S(=O)(=O)c1ccc(C)cc1. The Morgan fingerprint density at radius 2 is 1.46 bits per heavy atom. The number of nitrogens with one attached hydrogen (secondary N) is 1. The molecule has 11 heteroatoms. The molecular formula is C35H36Cl3N3O4S. The van der Waals surface area contributed by atoms with Gasteiger partial charge in [0.25, 0.3) is 10.0 Å². The summed E-state index contributed by atoms with van der Waals surface area (Å²) in [4.78, 5) is 29.9. The number of hydrogen-bond acceptors (Lipinski definition) is 4. The van der Waals surface area contributed by atoms with E-state index in [0.717, 1.165) is 15.4 Å². The highest BCUT2D eigenvalue weighted by Crippen LogP contribution is 2.33. The summed E-state index contributed by atoms with van der Waals surface area (Å²) in [6.45, 7) is 5.06. The molecular weight excluding hydrogens is 665 g/mol. The van der Waals surface area contributed by atoms with Crippen LogP contribution in [0.4, 0.5) is 5.69 Å². The average molecular weight is 701 g/mol. The van der Waals surface area contributed by atoms with Crippen molar-refractivity contribution in [2.45, 2.75) is 57.1 Å². The minimum atomic E-state index is -4.32. The topological polar surface area (TPSA) is 86.8 Å². The number of nitrogens with zero attached hydrogens (tertiary/aromatic N) is 2. The van der Waals surface area contributed by atoms with E-state index >= 15 is 0 Å². The summed E-state index contributed by atoms with van der Waals surface area (Å²) in [5.74, 6) is -0.962. The van der Waals surface area contributed by atoms with Crippen LogP contribution in [0.1, 0.15) is 37.0 Å². The van der Waals surface area contributed by atoms with Crippen molar-refractivity contribution in [3.63, 3.8) is 0 Å². The molecule has 4 rings (SSSR count). The normalized spacial score (nSPS) is 12.7. The third kappa shape index (κ3) is 9.04. The molecule has 242 valence electrons. The van der Waals surface area contributed by atoms with Crippen molar-refractivity contribution >= 4 is 62.3 Å². The quantitative estimate of drug-likeness (QED) is 0.155. The highest BCUT2D eigenvalue weighted by molar-refractivity contribution is 7.92. The number of rotatable bonds is 13. The molecule has 2 amide bonds. The van der Waals surface area contributed by atoms with E-state index in [9.17, 15) is 18.0 Å². The number of anilines is 1. The second-order valence-electron chi connectivity index (χ2n) is 11.1. The molecule has 0 saturated heterocycles. The summed E-state index contributed by atoms with van der Waals surface area (Å²) in [5, 5.41) is 3.87. The Kier molecular flexibility index (Phi) is 12.1. The summed E-state index contributed by atoms with van der Waals surface area (Å²) >= 11 is 19.0. The molecule has 4 aromatic rings. The van der Waals surface area contributed by atoms with Crippen molar-refractivity contribution in [3.05, 3.63) is 129 Å². The van der Waals surface area contributed by atoms with Gasteiger partial charge in [0.05, 0.1) is 15.6 Å². The highest BCUT2D eigenvalue weighted by Gasteiger charge is 2.35. The van der Waals surface area contributed by atoms with Gasteiger partial charge >= 0.3 is 0 Å². The van der Waals surface area contributed by atoms with E-state index in [1.165, 1.54) is 35.2 Å². The molecule has 0 fully saturated rings. The van der Waals surface area contributed by atoms with Crippen molar-refractivity contribution in [3.8, 4) is 0 Å². The maximum atomic E-state index is 14.6. The van der Waals surface area contributed by atoms with E-state index < -0.39 is 28.5 Å². The molecule has 4 aromatic carbocycles. The third-order valence-corrected chi connectivity index (χ3v) is 10.2. The van der Waals surface area contributed by atoms with Crippen LogP contribution in [0.25, 0.3) is 0 Å². The number of sulfonamides is 1. The number of carbonyl (C=O) groups excluding carboxylic acids is 2. The fourth-order valence-corrected chi connectivity index (χ4v) is 6.80. The van der Waals surface area contributed by atoms with Crippen LogP contribution in [0.2, 0.25) is 15.1 Å². The molecule has 46 heavy (non-hydrogen) atoms. The van der Waals surface area contributed by atoms with Gasteiger partial charge in [-0.25, -0.2) is 8.42 Å². The number of hydrogen-bond donors (Lipinski definition) is 1. The standard InChI is InChI=1S/C35H36Cl3N3O4S/c1-4-25(3)39-35(43)33(20-26-8-6-5-7-9-26)40(22-27-12-14-28(36)15-13-27)34(42)23-41(32-21-29(37)16-19-31(32)38)46(44,45)30-17-10-24(2)11-18-30/h5-19,21,25,33H,4,20,22-23H2,1-3H3,(H,39,43)/t25-,33+/m0/s1. The van der Waals surface area contributed by atoms with Crippen molar-refractivity contribution in [2.24, 2.45) is 0 Å². The van der Waals surface area contributed by atoms with Crippen LogP contribution in [-0.4, -0.2) is 43.8 Å². The first-order valence-electron chi connectivity index (χ1n) is 14.8. The lowest BCUT2D eigenvalue weighted by molar-refractivity contribution is -0.140. The van der Waals surface area contributed by atoms with E-state index in [1.54, 1.807) is 36.4 Å². The third-order valence-electron chi connectivity index (χ3n) is 7.60. The smallest absolute Gasteiger partial charge is 0.264 e. The van der Waals surface area contributed by atoms with Crippen molar-refractivity contribution in [1.82, 2.24) is 10.2 Å². The van der Waals surface area contributed by atoms with E-state index in [-0.39, 0.29) is 45.5 Å². The molecule has 0 spiro atoms. The van der Waals surface area contributed by atoms with Crippen LogP contribution in [0.3, 0.4) is 0 Å².